The third kappa shape index (κ3) is 4.20. The maximum atomic E-state index is 13.5. The summed E-state index contributed by atoms with van der Waals surface area (Å²) in [4.78, 5) is 1.09. The Morgan fingerprint density at radius 2 is 1.87 bits per heavy atom. The van der Waals surface area contributed by atoms with Gasteiger partial charge in [0.1, 0.15) is 11.6 Å². The second-order valence-electron chi connectivity index (χ2n) is 5.33. The first-order valence-corrected chi connectivity index (χ1v) is 8.72. The van der Waals surface area contributed by atoms with E-state index in [4.69, 9.17) is 12.2 Å². The lowest BCUT2D eigenvalue weighted by Crippen LogP contribution is -2.38. The number of thiocarbonyl (C=S) groups is 1. The van der Waals surface area contributed by atoms with Crippen molar-refractivity contribution >= 4 is 29.1 Å². The van der Waals surface area contributed by atoms with Crippen LogP contribution in [0.25, 0.3) is 0 Å². The molecule has 1 aliphatic heterocycles. The van der Waals surface area contributed by atoms with Gasteiger partial charge in [0, 0.05) is 17.2 Å². The summed E-state index contributed by atoms with van der Waals surface area (Å²) in [6.45, 7) is 0.517. The molecule has 3 rings (SSSR count). The molecule has 0 amide bonds. The molecule has 23 heavy (non-hydrogen) atoms. The third-order valence-corrected chi connectivity index (χ3v) is 5.07. The number of benzene rings is 2. The summed E-state index contributed by atoms with van der Waals surface area (Å²) in [5.41, 5.74) is 1.90. The Hall–Kier alpha value is -1.66. The standard InChI is InChI=1S/C17H16F2N2S2/c18-12-3-1-11(2-4-12)10-20-17(22)21-15-7-8-23-16-6-5-13(19)9-14(15)16/h1-6,9,15H,7-8,10H2,(H2,20,21,22)/t15-/m0/s1. The van der Waals surface area contributed by atoms with Gasteiger partial charge >= 0.3 is 0 Å². The minimum atomic E-state index is -0.257. The number of thioether (sulfide) groups is 1. The van der Waals surface area contributed by atoms with Crippen LogP contribution in [0.4, 0.5) is 8.78 Å². The molecule has 0 spiro atoms. The number of rotatable bonds is 3. The molecule has 0 aromatic heterocycles. The first-order valence-electron chi connectivity index (χ1n) is 7.33. The summed E-state index contributed by atoms with van der Waals surface area (Å²) >= 11 is 7.06. The molecule has 2 nitrogen and oxygen atoms in total. The molecular weight excluding hydrogens is 334 g/mol. The van der Waals surface area contributed by atoms with Crippen molar-refractivity contribution in [3.63, 3.8) is 0 Å². The second kappa shape index (κ2) is 7.27. The lowest BCUT2D eigenvalue weighted by atomic mass is 10.0. The van der Waals surface area contributed by atoms with Crippen molar-refractivity contribution in [3.8, 4) is 0 Å². The number of fused-ring (bicyclic) bond motifs is 1. The molecule has 1 heterocycles. The van der Waals surface area contributed by atoms with Gasteiger partial charge in [-0.15, -0.1) is 11.8 Å². The average molecular weight is 350 g/mol. The van der Waals surface area contributed by atoms with E-state index >= 15 is 0 Å². The van der Waals surface area contributed by atoms with E-state index in [2.05, 4.69) is 10.6 Å². The Balaban J connectivity index is 1.60. The molecule has 0 unspecified atom stereocenters. The smallest absolute Gasteiger partial charge is 0.167 e. The highest BCUT2D eigenvalue weighted by Gasteiger charge is 2.21. The molecule has 1 atom stereocenters. The van der Waals surface area contributed by atoms with E-state index in [1.807, 2.05) is 6.07 Å². The summed E-state index contributed by atoms with van der Waals surface area (Å²) in [6, 6.07) is 11.2. The van der Waals surface area contributed by atoms with Crippen molar-refractivity contribution < 1.29 is 8.78 Å². The Labute approximate surface area is 143 Å². The zero-order valence-corrected chi connectivity index (χ0v) is 13.9. The quantitative estimate of drug-likeness (QED) is 0.812. The highest BCUT2D eigenvalue weighted by Crippen LogP contribution is 2.36. The minimum Gasteiger partial charge on any atom is -0.359 e. The van der Waals surface area contributed by atoms with Crippen molar-refractivity contribution in [1.82, 2.24) is 10.6 Å². The number of nitrogens with one attached hydrogen (secondary N) is 2. The van der Waals surface area contributed by atoms with Gasteiger partial charge in [0.15, 0.2) is 5.11 Å². The molecular formula is C17H16F2N2S2. The lowest BCUT2D eigenvalue weighted by Gasteiger charge is -2.27. The first kappa shape index (κ1) is 16.2. The summed E-state index contributed by atoms with van der Waals surface area (Å²) in [6.07, 6.45) is 0.888. The highest BCUT2D eigenvalue weighted by molar-refractivity contribution is 7.99. The topological polar surface area (TPSA) is 24.1 Å². The molecule has 0 bridgehead atoms. The Morgan fingerprint density at radius 3 is 2.65 bits per heavy atom. The SMILES string of the molecule is Fc1ccc(CNC(=S)N[C@H]2CCSc3ccc(F)cc32)cc1. The van der Waals surface area contributed by atoms with Crippen molar-refractivity contribution in [3.05, 3.63) is 65.2 Å². The van der Waals surface area contributed by atoms with Crippen LogP contribution in [0.5, 0.6) is 0 Å². The Kier molecular flexibility index (Phi) is 5.13. The van der Waals surface area contributed by atoms with Crippen molar-refractivity contribution in [2.45, 2.75) is 23.9 Å². The van der Waals surface area contributed by atoms with Crippen molar-refractivity contribution in [2.24, 2.45) is 0 Å². The van der Waals surface area contributed by atoms with Crippen LogP contribution in [0.3, 0.4) is 0 Å². The molecule has 0 radical (unpaired) electrons. The first-order chi connectivity index (χ1) is 11.1. The molecule has 120 valence electrons. The van der Waals surface area contributed by atoms with E-state index in [0.29, 0.717) is 11.7 Å². The van der Waals surface area contributed by atoms with Gasteiger partial charge in [0.25, 0.3) is 0 Å². The largest absolute Gasteiger partial charge is 0.359 e. The van der Waals surface area contributed by atoms with Crippen LogP contribution in [0.2, 0.25) is 0 Å². The number of halogens is 2. The van der Waals surface area contributed by atoms with Crippen LogP contribution in [0, 0.1) is 11.6 Å². The van der Waals surface area contributed by atoms with E-state index in [0.717, 1.165) is 28.2 Å². The number of hydrogen-bond donors (Lipinski definition) is 2. The monoisotopic (exact) mass is 350 g/mol. The number of hydrogen-bond acceptors (Lipinski definition) is 2. The molecule has 0 saturated heterocycles. The van der Waals surface area contributed by atoms with Gasteiger partial charge in [-0.05, 0) is 60.1 Å². The minimum absolute atomic E-state index is 0.00941. The summed E-state index contributed by atoms with van der Waals surface area (Å²) in [5.74, 6) is 0.479. The zero-order valence-electron chi connectivity index (χ0n) is 12.3. The highest BCUT2D eigenvalue weighted by atomic mass is 32.2. The van der Waals surface area contributed by atoms with Crippen LogP contribution in [-0.2, 0) is 6.54 Å². The maximum Gasteiger partial charge on any atom is 0.167 e. The van der Waals surface area contributed by atoms with Gasteiger partial charge in [-0.1, -0.05) is 12.1 Å². The van der Waals surface area contributed by atoms with E-state index in [9.17, 15) is 8.78 Å². The molecule has 1 aliphatic rings. The Bertz CT molecular complexity index is 704. The van der Waals surface area contributed by atoms with Gasteiger partial charge in [0.05, 0.1) is 6.04 Å². The molecule has 2 aromatic rings. The molecule has 6 heteroatoms. The van der Waals surface area contributed by atoms with Crippen LogP contribution in [-0.4, -0.2) is 10.9 Å². The predicted molar refractivity (Wildman–Crippen MR) is 93.5 cm³/mol. The van der Waals surface area contributed by atoms with E-state index < -0.39 is 0 Å². The normalized spacial score (nSPS) is 16.5. The van der Waals surface area contributed by atoms with E-state index in [1.54, 1.807) is 30.0 Å². The fourth-order valence-electron chi connectivity index (χ4n) is 2.51. The van der Waals surface area contributed by atoms with E-state index in [1.165, 1.54) is 18.2 Å². The van der Waals surface area contributed by atoms with Gasteiger partial charge in [-0.3, -0.25) is 0 Å². The summed E-state index contributed by atoms with van der Waals surface area (Å²) in [5, 5.41) is 6.87. The van der Waals surface area contributed by atoms with Crippen LogP contribution in [0.15, 0.2) is 47.4 Å². The van der Waals surface area contributed by atoms with Crippen LogP contribution in [0.1, 0.15) is 23.6 Å². The summed E-state index contributed by atoms with van der Waals surface area (Å²) < 4.78 is 26.4. The molecule has 2 N–H and O–H groups in total. The average Bonchev–Trinajstić information content (AvgIpc) is 2.55. The maximum absolute atomic E-state index is 13.5. The Morgan fingerprint density at radius 1 is 1.13 bits per heavy atom. The molecule has 2 aromatic carbocycles. The fraction of sp³-hybridized carbons (Fsp3) is 0.235. The third-order valence-electron chi connectivity index (χ3n) is 3.68. The van der Waals surface area contributed by atoms with E-state index in [-0.39, 0.29) is 17.7 Å². The van der Waals surface area contributed by atoms with Crippen LogP contribution < -0.4 is 10.6 Å². The van der Waals surface area contributed by atoms with Crippen molar-refractivity contribution in [2.75, 3.05) is 5.75 Å². The lowest BCUT2D eigenvalue weighted by molar-refractivity contribution is 0.581. The molecule has 0 saturated carbocycles. The van der Waals surface area contributed by atoms with Crippen molar-refractivity contribution in [1.29, 1.82) is 0 Å². The van der Waals surface area contributed by atoms with Gasteiger partial charge in [-0.25, -0.2) is 8.78 Å². The summed E-state index contributed by atoms with van der Waals surface area (Å²) in [7, 11) is 0. The van der Waals surface area contributed by atoms with Gasteiger partial charge < -0.3 is 10.6 Å². The predicted octanol–water partition coefficient (Wildman–Crippen LogP) is 4.17. The van der Waals surface area contributed by atoms with Gasteiger partial charge in [-0.2, -0.15) is 0 Å². The fourth-order valence-corrected chi connectivity index (χ4v) is 3.83. The molecule has 0 fully saturated rings. The van der Waals surface area contributed by atoms with Crippen LogP contribution >= 0.6 is 24.0 Å². The second-order valence-corrected chi connectivity index (χ2v) is 6.87. The van der Waals surface area contributed by atoms with Gasteiger partial charge in [0.2, 0.25) is 0 Å². The molecule has 0 aliphatic carbocycles. The zero-order chi connectivity index (χ0) is 16.2.